The molecule has 1 aromatic carbocycles. The Hall–Kier alpha value is -1.56. The average Bonchev–Trinajstić information content (AvgIpc) is 2.92. The minimum atomic E-state index is -0.0130. The van der Waals surface area contributed by atoms with E-state index < -0.39 is 0 Å². The minimum absolute atomic E-state index is 0.0130. The molecule has 6 heteroatoms. The normalized spacial score (nSPS) is 10.5. The van der Waals surface area contributed by atoms with E-state index in [0.29, 0.717) is 19.4 Å². The van der Waals surface area contributed by atoms with Gasteiger partial charge in [-0.15, -0.1) is 11.3 Å². The van der Waals surface area contributed by atoms with Crippen LogP contribution in [0.4, 0.5) is 11.4 Å². The second-order valence-corrected chi connectivity index (χ2v) is 6.40. The number of aliphatic hydroxyl groups excluding tert-OH is 1. The fraction of sp³-hybridized carbons (Fsp3) is 0.312. The summed E-state index contributed by atoms with van der Waals surface area (Å²) in [6.07, 6.45) is 1.13. The maximum Gasteiger partial charge on any atom is 0.224 e. The number of aryl methyl sites for hydroxylation is 1. The van der Waals surface area contributed by atoms with Gasteiger partial charge < -0.3 is 15.3 Å². The number of hydrogen-bond acceptors (Lipinski definition) is 4. The molecule has 0 aliphatic rings. The number of anilines is 2. The highest BCUT2D eigenvalue weighted by molar-refractivity contribution is 7.10. The summed E-state index contributed by atoms with van der Waals surface area (Å²) < 4.78 is 0. The lowest BCUT2D eigenvalue weighted by Gasteiger charge is -2.18. The Morgan fingerprint density at radius 1 is 1.36 bits per heavy atom. The molecular formula is C16H19ClN2O2S. The van der Waals surface area contributed by atoms with Gasteiger partial charge in [0.05, 0.1) is 11.6 Å². The molecule has 22 heavy (non-hydrogen) atoms. The van der Waals surface area contributed by atoms with Crippen LogP contribution < -0.4 is 10.2 Å². The number of hydrogen-bond donors (Lipinski definition) is 2. The highest BCUT2D eigenvalue weighted by atomic mass is 35.5. The van der Waals surface area contributed by atoms with Crippen LogP contribution in [0.25, 0.3) is 0 Å². The highest BCUT2D eigenvalue weighted by Gasteiger charge is 2.06. The van der Waals surface area contributed by atoms with Crippen LogP contribution in [0.5, 0.6) is 0 Å². The van der Waals surface area contributed by atoms with Crippen molar-refractivity contribution < 1.29 is 9.90 Å². The quantitative estimate of drug-likeness (QED) is 0.813. The molecule has 0 radical (unpaired) electrons. The number of rotatable bonds is 7. The monoisotopic (exact) mass is 338 g/mol. The van der Waals surface area contributed by atoms with Crippen LogP contribution >= 0.6 is 22.9 Å². The summed E-state index contributed by atoms with van der Waals surface area (Å²) in [5, 5.41) is 14.4. The summed E-state index contributed by atoms with van der Waals surface area (Å²) in [7, 11) is 1.91. The molecule has 1 aromatic heterocycles. The van der Waals surface area contributed by atoms with Crippen LogP contribution in [-0.2, 0) is 11.2 Å². The summed E-state index contributed by atoms with van der Waals surface area (Å²) in [6.45, 7) is 0.691. The molecule has 2 N–H and O–H groups in total. The zero-order chi connectivity index (χ0) is 15.9. The third kappa shape index (κ3) is 5.02. The van der Waals surface area contributed by atoms with Crippen LogP contribution in [0.1, 0.15) is 11.3 Å². The van der Waals surface area contributed by atoms with Gasteiger partial charge in [0.25, 0.3) is 0 Å². The molecule has 0 atom stereocenters. The van der Waals surface area contributed by atoms with Crippen LogP contribution in [0.3, 0.4) is 0 Å². The van der Waals surface area contributed by atoms with Crippen molar-refractivity contribution in [1.29, 1.82) is 0 Å². The summed E-state index contributed by atoms with van der Waals surface area (Å²) in [5.41, 5.74) is 1.77. The number of carbonyl (C=O) groups is 1. The fourth-order valence-electron chi connectivity index (χ4n) is 2.02. The molecule has 0 aliphatic heterocycles. The van der Waals surface area contributed by atoms with Crippen LogP contribution in [0.2, 0.25) is 5.02 Å². The predicted molar refractivity (Wildman–Crippen MR) is 93.1 cm³/mol. The summed E-state index contributed by atoms with van der Waals surface area (Å²) >= 11 is 7.43. The van der Waals surface area contributed by atoms with Gasteiger partial charge in [-0.3, -0.25) is 4.79 Å². The second kappa shape index (κ2) is 8.17. The molecule has 0 spiro atoms. The third-order valence-corrected chi connectivity index (χ3v) is 4.59. The first kappa shape index (κ1) is 16.8. The number of nitrogens with zero attached hydrogens (tertiary/aromatic N) is 1. The van der Waals surface area contributed by atoms with Crippen LogP contribution in [-0.4, -0.2) is 31.2 Å². The summed E-state index contributed by atoms with van der Waals surface area (Å²) in [4.78, 5) is 15.0. The van der Waals surface area contributed by atoms with E-state index in [2.05, 4.69) is 5.32 Å². The molecule has 2 rings (SSSR count). The van der Waals surface area contributed by atoms with E-state index in [9.17, 15) is 4.79 Å². The van der Waals surface area contributed by atoms with E-state index in [0.717, 1.165) is 21.3 Å². The van der Waals surface area contributed by atoms with Gasteiger partial charge in [-0.2, -0.15) is 0 Å². The summed E-state index contributed by atoms with van der Waals surface area (Å²) in [6, 6.07) is 9.46. The minimum Gasteiger partial charge on any atom is -0.395 e. The molecular weight excluding hydrogens is 320 g/mol. The number of carbonyl (C=O) groups excluding carboxylic acids is 1. The Labute approximate surface area is 139 Å². The van der Waals surface area contributed by atoms with E-state index >= 15 is 0 Å². The first-order valence-electron chi connectivity index (χ1n) is 7.03. The lowest BCUT2D eigenvalue weighted by molar-refractivity contribution is -0.116. The lowest BCUT2D eigenvalue weighted by atomic mass is 10.2. The highest BCUT2D eigenvalue weighted by Crippen LogP contribution is 2.21. The molecule has 118 valence electrons. The van der Waals surface area contributed by atoms with Crippen molar-refractivity contribution in [3.63, 3.8) is 0 Å². The Bertz CT molecular complexity index is 613. The molecule has 2 aromatic rings. The predicted octanol–water partition coefficient (Wildman–Crippen LogP) is 3.40. The number of halogens is 1. The molecule has 1 amide bonds. The number of benzene rings is 1. The smallest absolute Gasteiger partial charge is 0.224 e. The van der Waals surface area contributed by atoms with Crippen LogP contribution in [0, 0.1) is 0 Å². The van der Waals surface area contributed by atoms with Crippen molar-refractivity contribution in [1.82, 2.24) is 0 Å². The van der Waals surface area contributed by atoms with E-state index in [1.807, 2.05) is 47.7 Å². The molecule has 0 bridgehead atoms. The van der Waals surface area contributed by atoms with Crippen molar-refractivity contribution in [2.75, 3.05) is 30.4 Å². The molecule has 0 aliphatic carbocycles. The number of thiophene rings is 1. The molecule has 0 saturated carbocycles. The Morgan fingerprint density at radius 2 is 2.09 bits per heavy atom. The topological polar surface area (TPSA) is 52.6 Å². The second-order valence-electron chi connectivity index (χ2n) is 4.97. The van der Waals surface area contributed by atoms with Crippen molar-refractivity contribution >= 4 is 40.2 Å². The third-order valence-electron chi connectivity index (χ3n) is 3.25. The van der Waals surface area contributed by atoms with Gasteiger partial charge in [-0.1, -0.05) is 11.6 Å². The van der Waals surface area contributed by atoms with E-state index in [1.165, 1.54) is 0 Å². The van der Waals surface area contributed by atoms with Gasteiger partial charge in [0, 0.05) is 41.6 Å². The van der Waals surface area contributed by atoms with E-state index in [4.69, 9.17) is 16.7 Å². The maximum atomic E-state index is 11.9. The van der Waals surface area contributed by atoms with Gasteiger partial charge in [0.15, 0.2) is 0 Å². The average molecular weight is 339 g/mol. The Kier molecular flexibility index (Phi) is 6.24. The Balaban J connectivity index is 1.83. The van der Waals surface area contributed by atoms with Crippen molar-refractivity contribution in [2.45, 2.75) is 12.8 Å². The SMILES string of the molecule is CN(CCO)c1ccc(NC(=O)CCc2cc(Cl)cs2)cc1. The first-order valence-corrected chi connectivity index (χ1v) is 8.29. The zero-order valence-corrected chi connectivity index (χ0v) is 14.0. The van der Waals surface area contributed by atoms with Gasteiger partial charge in [-0.05, 0) is 36.8 Å². The van der Waals surface area contributed by atoms with E-state index in [-0.39, 0.29) is 12.5 Å². The fourth-order valence-corrected chi connectivity index (χ4v) is 3.10. The van der Waals surface area contributed by atoms with Gasteiger partial charge >= 0.3 is 0 Å². The van der Waals surface area contributed by atoms with Crippen molar-refractivity contribution in [2.24, 2.45) is 0 Å². The molecule has 1 heterocycles. The molecule has 0 fully saturated rings. The number of likely N-dealkylation sites (N-methyl/N-ethyl adjacent to an activating group) is 1. The molecule has 4 nitrogen and oxygen atoms in total. The maximum absolute atomic E-state index is 11.9. The van der Waals surface area contributed by atoms with Crippen molar-refractivity contribution in [3.05, 3.63) is 45.6 Å². The summed E-state index contributed by atoms with van der Waals surface area (Å²) in [5.74, 6) is -0.0130. The standard InChI is InChI=1S/C16H19ClN2O2S/c1-19(8-9-20)14-4-2-13(3-5-14)18-16(21)7-6-15-10-12(17)11-22-15/h2-5,10-11,20H,6-9H2,1H3,(H,18,21). The zero-order valence-electron chi connectivity index (χ0n) is 12.4. The van der Waals surface area contributed by atoms with Crippen molar-refractivity contribution in [3.8, 4) is 0 Å². The number of nitrogens with one attached hydrogen (secondary N) is 1. The van der Waals surface area contributed by atoms with Gasteiger partial charge in [0.2, 0.25) is 5.91 Å². The van der Waals surface area contributed by atoms with Gasteiger partial charge in [-0.25, -0.2) is 0 Å². The number of amides is 1. The van der Waals surface area contributed by atoms with Gasteiger partial charge in [0.1, 0.15) is 0 Å². The number of aliphatic hydroxyl groups is 1. The van der Waals surface area contributed by atoms with E-state index in [1.54, 1.807) is 11.3 Å². The lowest BCUT2D eigenvalue weighted by Crippen LogP contribution is -2.21. The largest absolute Gasteiger partial charge is 0.395 e. The first-order chi connectivity index (χ1) is 10.6. The molecule has 0 saturated heterocycles. The molecule has 0 unspecified atom stereocenters. The van der Waals surface area contributed by atoms with Crippen LogP contribution in [0.15, 0.2) is 35.7 Å². The Morgan fingerprint density at radius 3 is 2.68 bits per heavy atom.